The number of nitrogens with zero attached hydrogens (tertiary/aromatic N) is 2. The van der Waals surface area contributed by atoms with E-state index in [9.17, 15) is 0 Å². The third kappa shape index (κ3) is 2.93. The number of likely N-dealkylation sites (tertiary alicyclic amines) is 1. The van der Waals surface area contributed by atoms with Crippen LogP contribution in [0.4, 0.5) is 0 Å². The lowest BCUT2D eigenvalue weighted by Gasteiger charge is -2.36. The zero-order chi connectivity index (χ0) is 12.3. The van der Waals surface area contributed by atoms with Crippen molar-refractivity contribution in [3.63, 3.8) is 0 Å². The maximum Gasteiger partial charge on any atom is 0.0991 e. The Kier molecular flexibility index (Phi) is 3.93. The highest BCUT2D eigenvalue weighted by molar-refractivity contribution is 8.00. The molecular weight excluding hydrogens is 248 g/mol. The smallest absolute Gasteiger partial charge is 0.0991 e. The Morgan fingerprint density at radius 1 is 1.29 bits per heavy atom. The van der Waals surface area contributed by atoms with Crippen LogP contribution in [0.3, 0.4) is 0 Å². The van der Waals surface area contributed by atoms with Crippen LogP contribution in [0.5, 0.6) is 0 Å². The molecule has 0 aromatic heterocycles. The molecule has 1 aliphatic rings. The number of benzene rings is 1. The summed E-state index contributed by atoms with van der Waals surface area (Å²) in [6, 6.07) is 10.0. The molecule has 4 heteroatoms. The summed E-state index contributed by atoms with van der Waals surface area (Å²) in [4.78, 5) is 2.09. The molecule has 0 bridgehead atoms. The van der Waals surface area contributed by atoms with Crippen molar-refractivity contribution in [1.29, 1.82) is 5.26 Å². The van der Waals surface area contributed by atoms with Gasteiger partial charge in [-0.25, -0.2) is 0 Å². The molecule has 88 valence electrons. The van der Waals surface area contributed by atoms with Crippen LogP contribution in [0.1, 0.15) is 29.9 Å². The van der Waals surface area contributed by atoms with Gasteiger partial charge < -0.3 is 29.7 Å². The standard InChI is InChI=1S/C13H14N2S2/c14-9-10-1-3-11(4-2-10)12-5-7-15(8-6-12)13(16)17/h1-4,12H,5-8H2,(H,16,17)/p-1. The molecule has 0 spiro atoms. The highest BCUT2D eigenvalue weighted by Crippen LogP contribution is 2.28. The number of piperidine rings is 1. The van der Waals surface area contributed by atoms with Crippen molar-refractivity contribution < 1.29 is 0 Å². The molecule has 1 aromatic rings. The summed E-state index contributed by atoms with van der Waals surface area (Å²) in [5, 5.41) is 8.75. The number of nitriles is 1. The van der Waals surface area contributed by atoms with Crippen LogP contribution in [-0.4, -0.2) is 22.3 Å². The molecule has 1 fully saturated rings. The molecule has 1 aromatic carbocycles. The molecule has 0 aliphatic carbocycles. The second-order valence-electron chi connectivity index (χ2n) is 4.26. The lowest BCUT2D eigenvalue weighted by molar-refractivity contribution is 0.322. The van der Waals surface area contributed by atoms with Crippen LogP contribution in [0, 0.1) is 11.3 Å². The van der Waals surface area contributed by atoms with Gasteiger partial charge in [0.05, 0.1) is 11.6 Å². The first kappa shape index (κ1) is 12.3. The summed E-state index contributed by atoms with van der Waals surface area (Å²) in [6.45, 7) is 1.90. The Bertz CT molecular complexity index is 439. The quantitative estimate of drug-likeness (QED) is 0.573. The van der Waals surface area contributed by atoms with Crippen molar-refractivity contribution in [1.82, 2.24) is 4.90 Å². The second kappa shape index (κ2) is 5.44. The molecule has 1 saturated heterocycles. The van der Waals surface area contributed by atoms with Gasteiger partial charge in [0.2, 0.25) is 0 Å². The van der Waals surface area contributed by atoms with E-state index in [1.807, 2.05) is 12.1 Å². The van der Waals surface area contributed by atoms with E-state index in [2.05, 4.69) is 23.1 Å². The third-order valence-corrected chi connectivity index (χ3v) is 3.78. The van der Waals surface area contributed by atoms with E-state index < -0.39 is 0 Å². The summed E-state index contributed by atoms with van der Waals surface area (Å²) >= 11 is 10.0. The van der Waals surface area contributed by atoms with Crippen LogP contribution < -0.4 is 0 Å². The third-order valence-electron chi connectivity index (χ3n) is 3.26. The second-order valence-corrected chi connectivity index (χ2v) is 5.29. The average Bonchev–Trinajstić information content (AvgIpc) is 2.39. The summed E-state index contributed by atoms with van der Waals surface area (Å²) in [6.07, 6.45) is 2.17. The summed E-state index contributed by atoms with van der Waals surface area (Å²) in [5.41, 5.74) is 2.04. The lowest BCUT2D eigenvalue weighted by atomic mass is 9.89. The van der Waals surface area contributed by atoms with E-state index in [-0.39, 0.29) is 0 Å². The SMILES string of the molecule is N#Cc1ccc(C2CCN(C(=S)[S-])CC2)cc1. The average molecular weight is 261 g/mol. The highest BCUT2D eigenvalue weighted by atomic mass is 32.1. The molecule has 17 heavy (non-hydrogen) atoms. The Hall–Kier alpha value is -1.18. The van der Waals surface area contributed by atoms with Crippen LogP contribution in [-0.2, 0) is 12.6 Å². The van der Waals surface area contributed by atoms with Crippen molar-refractivity contribution >= 4 is 29.2 Å². The Labute approximate surface area is 113 Å². The number of hydrogen-bond acceptors (Lipinski definition) is 3. The van der Waals surface area contributed by atoms with Crippen molar-refractivity contribution in [2.75, 3.05) is 13.1 Å². The fraction of sp³-hybridized carbons (Fsp3) is 0.385. The van der Waals surface area contributed by atoms with Crippen molar-refractivity contribution in [3.05, 3.63) is 35.4 Å². The van der Waals surface area contributed by atoms with Crippen molar-refractivity contribution in [3.8, 4) is 6.07 Å². The normalized spacial score (nSPS) is 16.5. The van der Waals surface area contributed by atoms with E-state index in [1.54, 1.807) is 0 Å². The monoisotopic (exact) mass is 261 g/mol. The molecule has 0 N–H and O–H groups in total. The Balaban J connectivity index is 2.00. The molecule has 0 atom stereocenters. The molecule has 0 saturated carbocycles. The van der Waals surface area contributed by atoms with Gasteiger partial charge in [0.25, 0.3) is 0 Å². The van der Waals surface area contributed by atoms with Gasteiger partial charge in [0, 0.05) is 13.1 Å². The maximum atomic E-state index is 8.75. The van der Waals surface area contributed by atoms with Crippen LogP contribution in [0.15, 0.2) is 24.3 Å². The fourth-order valence-electron chi connectivity index (χ4n) is 2.23. The van der Waals surface area contributed by atoms with Gasteiger partial charge in [0.15, 0.2) is 0 Å². The minimum atomic E-state index is 0.573. The van der Waals surface area contributed by atoms with Gasteiger partial charge >= 0.3 is 0 Å². The van der Waals surface area contributed by atoms with Crippen molar-refractivity contribution in [2.24, 2.45) is 0 Å². The first-order valence-electron chi connectivity index (χ1n) is 5.66. The maximum absolute atomic E-state index is 8.75. The van der Waals surface area contributed by atoms with E-state index in [1.165, 1.54) is 5.56 Å². The number of hydrogen-bond donors (Lipinski definition) is 0. The Morgan fingerprint density at radius 3 is 2.35 bits per heavy atom. The number of thiocarbonyl (C=S) groups is 1. The molecule has 2 rings (SSSR count). The first-order chi connectivity index (χ1) is 8.20. The molecule has 0 radical (unpaired) electrons. The zero-order valence-electron chi connectivity index (χ0n) is 9.43. The molecular formula is C13H13N2S2-. The van der Waals surface area contributed by atoms with Gasteiger partial charge in [-0.15, -0.1) is 0 Å². The summed E-state index contributed by atoms with van der Waals surface area (Å²) in [5.74, 6) is 0.573. The predicted molar refractivity (Wildman–Crippen MR) is 74.7 cm³/mol. The lowest BCUT2D eigenvalue weighted by Crippen LogP contribution is -2.35. The van der Waals surface area contributed by atoms with E-state index in [4.69, 9.17) is 30.1 Å². The largest absolute Gasteiger partial charge is 0.411 e. The fourth-order valence-corrected chi connectivity index (χ4v) is 2.59. The molecule has 0 amide bonds. The zero-order valence-corrected chi connectivity index (χ0v) is 11.1. The van der Waals surface area contributed by atoms with E-state index >= 15 is 0 Å². The predicted octanol–water partition coefficient (Wildman–Crippen LogP) is 2.57. The van der Waals surface area contributed by atoms with Gasteiger partial charge in [-0.05, 0) is 36.5 Å². The van der Waals surface area contributed by atoms with Gasteiger partial charge in [-0.1, -0.05) is 16.5 Å². The van der Waals surface area contributed by atoms with Crippen molar-refractivity contribution in [2.45, 2.75) is 18.8 Å². The van der Waals surface area contributed by atoms with Gasteiger partial charge in [0.1, 0.15) is 0 Å². The van der Waals surface area contributed by atoms with Gasteiger partial charge in [-0.2, -0.15) is 5.26 Å². The molecule has 1 aliphatic heterocycles. The summed E-state index contributed by atoms with van der Waals surface area (Å²) in [7, 11) is 0. The molecule has 2 nitrogen and oxygen atoms in total. The molecule has 1 heterocycles. The number of rotatable bonds is 1. The van der Waals surface area contributed by atoms with E-state index in [0.29, 0.717) is 10.2 Å². The van der Waals surface area contributed by atoms with Crippen LogP contribution in [0.2, 0.25) is 0 Å². The minimum Gasteiger partial charge on any atom is -0.411 e. The highest BCUT2D eigenvalue weighted by Gasteiger charge is 2.18. The summed E-state index contributed by atoms with van der Waals surface area (Å²) < 4.78 is 0.586. The van der Waals surface area contributed by atoms with Crippen LogP contribution >= 0.6 is 12.2 Å². The first-order valence-corrected chi connectivity index (χ1v) is 6.48. The topological polar surface area (TPSA) is 27.0 Å². The Morgan fingerprint density at radius 2 is 1.88 bits per heavy atom. The van der Waals surface area contributed by atoms with E-state index in [0.717, 1.165) is 31.5 Å². The van der Waals surface area contributed by atoms with Crippen LogP contribution in [0.25, 0.3) is 0 Å². The minimum absolute atomic E-state index is 0.573. The van der Waals surface area contributed by atoms with Gasteiger partial charge in [-0.3, -0.25) is 0 Å². The molecule has 0 unspecified atom stereocenters.